The lowest BCUT2D eigenvalue weighted by atomic mass is 10.1. The summed E-state index contributed by atoms with van der Waals surface area (Å²) in [6.07, 6.45) is 0.840. The predicted molar refractivity (Wildman–Crippen MR) is 76.7 cm³/mol. The number of morpholine rings is 1. The van der Waals surface area contributed by atoms with E-state index in [2.05, 4.69) is 0 Å². The number of hydrogen-bond donors (Lipinski definition) is 1. The van der Waals surface area contributed by atoms with Crippen molar-refractivity contribution in [1.29, 1.82) is 0 Å². The van der Waals surface area contributed by atoms with E-state index in [4.69, 9.17) is 15.2 Å². The molecule has 1 amide bonds. The molecular formula is C15H22N2O3. The normalized spacial score (nSPS) is 16.8. The number of rotatable bonds is 5. The first-order valence-corrected chi connectivity index (χ1v) is 6.98. The standard InChI is InChI=1S/C15H22N2O3/c1-12(16)10-13-2-4-14(5-3-13)20-11-15(18)17-6-8-19-9-7-17/h2-5,12H,6-11,16H2,1H3. The fourth-order valence-corrected chi connectivity index (χ4v) is 2.14. The Morgan fingerprint density at radius 2 is 2.00 bits per heavy atom. The molecule has 1 fully saturated rings. The van der Waals surface area contributed by atoms with E-state index in [1.54, 1.807) is 4.90 Å². The first-order chi connectivity index (χ1) is 9.65. The quantitative estimate of drug-likeness (QED) is 0.866. The Labute approximate surface area is 119 Å². The molecule has 1 aliphatic heterocycles. The minimum absolute atomic E-state index is 0.00737. The maximum atomic E-state index is 11.9. The Kier molecular flexibility index (Phi) is 5.38. The molecule has 1 aliphatic rings. The highest BCUT2D eigenvalue weighted by molar-refractivity contribution is 5.77. The second-order valence-corrected chi connectivity index (χ2v) is 5.11. The molecule has 0 aromatic heterocycles. The number of carbonyl (C=O) groups excluding carboxylic acids is 1. The maximum Gasteiger partial charge on any atom is 0.260 e. The van der Waals surface area contributed by atoms with Crippen LogP contribution in [-0.4, -0.2) is 49.8 Å². The molecule has 5 nitrogen and oxygen atoms in total. The zero-order chi connectivity index (χ0) is 14.4. The van der Waals surface area contributed by atoms with Crippen LogP contribution < -0.4 is 10.5 Å². The number of nitrogens with zero attached hydrogens (tertiary/aromatic N) is 1. The highest BCUT2D eigenvalue weighted by atomic mass is 16.5. The minimum atomic E-state index is 0.00737. The van der Waals surface area contributed by atoms with Crippen molar-refractivity contribution in [2.45, 2.75) is 19.4 Å². The van der Waals surface area contributed by atoms with Gasteiger partial charge >= 0.3 is 0 Å². The monoisotopic (exact) mass is 278 g/mol. The van der Waals surface area contributed by atoms with Gasteiger partial charge in [-0.25, -0.2) is 0 Å². The summed E-state index contributed by atoms with van der Waals surface area (Å²) in [6.45, 7) is 4.57. The van der Waals surface area contributed by atoms with Gasteiger partial charge in [-0.05, 0) is 31.0 Å². The van der Waals surface area contributed by atoms with Crippen LogP contribution in [0.2, 0.25) is 0 Å². The summed E-state index contributed by atoms with van der Waals surface area (Å²) in [6, 6.07) is 7.87. The molecule has 0 bridgehead atoms. The SMILES string of the molecule is CC(N)Cc1ccc(OCC(=O)N2CCOCC2)cc1. The van der Waals surface area contributed by atoms with Crippen molar-refractivity contribution in [3.63, 3.8) is 0 Å². The van der Waals surface area contributed by atoms with Crippen LogP contribution in [0.4, 0.5) is 0 Å². The summed E-state index contributed by atoms with van der Waals surface area (Å²) in [5, 5.41) is 0. The molecular weight excluding hydrogens is 256 g/mol. The van der Waals surface area contributed by atoms with Gasteiger partial charge in [-0.2, -0.15) is 0 Å². The Bertz CT molecular complexity index is 425. The first kappa shape index (κ1) is 14.8. The summed E-state index contributed by atoms with van der Waals surface area (Å²) in [7, 11) is 0. The largest absolute Gasteiger partial charge is 0.484 e. The summed E-state index contributed by atoms with van der Waals surface area (Å²) >= 11 is 0. The Balaban J connectivity index is 1.79. The lowest BCUT2D eigenvalue weighted by Gasteiger charge is -2.26. The van der Waals surface area contributed by atoms with Gasteiger partial charge in [0.2, 0.25) is 0 Å². The van der Waals surface area contributed by atoms with E-state index in [0.29, 0.717) is 32.1 Å². The molecule has 1 saturated heterocycles. The van der Waals surface area contributed by atoms with Gasteiger partial charge in [0.15, 0.2) is 6.61 Å². The average molecular weight is 278 g/mol. The van der Waals surface area contributed by atoms with E-state index in [9.17, 15) is 4.79 Å². The van der Waals surface area contributed by atoms with Crippen molar-refractivity contribution in [2.75, 3.05) is 32.9 Å². The highest BCUT2D eigenvalue weighted by Gasteiger charge is 2.16. The molecule has 1 unspecified atom stereocenters. The van der Waals surface area contributed by atoms with Crippen LogP contribution in [0.5, 0.6) is 5.75 Å². The van der Waals surface area contributed by atoms with Gasteiger partial charge in [-0.15, -0.1) is 0 Å². The fourth-order valence-electron chi connectivity index (χ4n) is 2.14. The topological polar surface area (TPSA) is 64.8 Å². The number of ether oxygens (including phenoxy) is 2. The van der Waals surface area contributed by atoms with Crippen molar-refractivity contribution >= 4 is 5.91 Å². The average Bonchev–Trinajstić information content (AvgIpc) is 2.46. The molecule has 2 N–H and O–H groups in total. The van der Waals surface area contributed by atoms with Gasteiger partial charge < -0.3 is 20.1 Å². The van der Waals surface area contributed by atoms with E-state index >= 15 is 0 Å². The van der Waals surface area contributed by atoms with Crippen LogP contribution in [0.3, 0.4) is 0 Å². The lowest BCUT2D eigenvalue weighted by Crippen LogP contribution is -2.42. The van der Waals surface area contributed by atoms with Crippen molar-refractivity contribution < 1.29 is 14.3 Å². The first-order valence-electron chi connectivity index (χ1n) is 6.98. The molecule has 0 saturated carbocycles. The molecule has 110 valence electrons. The van der Waals surface area contributed by atoms with Crippen molar-refractivity contribution in [3.05, 3.63) is 29.8 Å². The summed E-state index contributed by atoms with van der Waals surface area (Å²) < 4.78 is 10.7. The Morgan fingerprint density at radius 3 is 2.60 bits per heavy atom. The van der Waals surface area contributed by atoms with Crippen LogP contribution in [0.1, 0.15) is 12.5 Å². The van der Waals surface area contributed by atoms with E-state index in [1.807, 2.05) is 31.2 Å². The third kappa shape index (κ3) is 4.51. The molecule has 1 atom stereocenters. The molecule has 0 spiro atoms. The predicted octanol–water partition coefficient (Wildman–Crippen LogP) is 0.814. The van der Waals surface area contributed by atoms with Crippen LogP contribution in [0.15, 0.2) is 24.3 Å². The van der Waals surface area contributed by atoms with Gasteiger partial charge in [-0.1, -0.05) is 12.1 Å². The highest BCUT2D eigenvalue weighted by Crippen LogP contribution is 2.13. The Hall–Kier alpha value is -1.59. The van der Waals surface area contributed by atoms with Gasteiger partial charge in [0.05, 0.1) is 13.2 Å². The molecule has 1 aromatic carbocycles. The summed E-state index contributed by atoms with van der Waals surface area (Å²) in [5.41, 5.74) is 6.92. The van der Waals surface area contributed by atoms with Crippen molar-refractivity contribution in [1.82, 2.24) is 4.90 Å². The van der Waals surface area contributed by atoms with Gasteiger partial charge in [0, 0.05) is 19.1 Å². The molecule has 1 aromatic rings. The number of amides is 1. The van der Waals surface area contributed by atoms with Crippen LogP contribution in [0.25, 0.3) is 0 Å². The van der Waals surface area contributed by atoms with Crippen LogP contribution in [0, 0.1) is 0 Å². The third-order valence-electron chi connectivity index (χ3n) is 3.21. The molecule has 20 heavy (non-hydrogen) atoms. The molecule has 1 heterocycles. The second kappa shape index (κ2) is 7.26. The van der Waals surface area contributed by atoms with E-state index in [1.165, 1.54) is 5.56 Å². The number of nitrogens with two attached hydrogens (primary N) is 1. The van der Waals surface area contributed by atoms with E-state index in [-0.39, 0.29) is 18.6 Å². The van der Waals surface area contributed by atoms with Crippen molar-refractivity contribution in [2.24, 2.45) is 5.73 Å². The maximum absolute atomic E-state index is 11.9. The molecule has 0 radical (unpaired) electrons. The smallest absolute Gasteiger partial charge is 0.260 e. The van der Waals surface area contributed by atoms with Crippen LogP contribution >= 0.6 is 0 Å². The third-order valence-corrected chi connectivity index (χ3v) is 3.21. The summed E-state index contributed by atoms with van der Waals surface area (Å²) in [4.78, 5) is 13.7. The molecule has 2 rings (SSSR count). The van der Waals surface area contributed by atoms with Crippen molar-refractivity contribution in [3.8, 4) is 5.75 Å². The summed E-state index contributed by atoms with van der Waals surface area (Å²) in [5.74, 6) is 0.716. The Morgan fingerprint density at radius 1 is 1.35 bits per heavy atom. The van der Waals surface area contributed by atoms with Gasteiger partial charge in [-0.3, -0.25) is 4.79 Å². The van der Waals surface area contributed by atoms with E-state index < -0.39 is 0 Å². The lowest BCUT2D eigenvalue weighted by molar-refractivity contribution is -0.137. The number of carbonyl (C=O) groups is 1. The molecule has 5 heteroatoms. The number of benzene rings is 1. The van der Waals surface area contributed by atoms with E-state index in [0.717, 1.165) is 6.42 Å². The number of hydrogen-bond acceptors (Lipinski definition) is 4. The zero-order valence-corrected chi connectivity index (χ0v) is 11.9. The fraction of sp³-hybridized carbons (Fsp3) is 0.533. The van der Waals surface area contributed by atoms with Crippen LogP contribution in [-0.2, 0) is 16.0 Å². The second-order valence-electron chi connectivity index (χ2n) is 5.11. The zero-order valence-electron chi connectivity index (χ0n) is 11.9. The van der Waals surface area contributed by atoms with Gasteiger partial charge in [0.1, 0.15) is 5.75 Å². The minimum Gasteiger partial charge on any atom is -0.484 e. The molecule has 0 aliphatic carbocycles. The van der Waals surface area contributed by atoms with Gasteiger partial charge in [0.25, 0.3) is 5.91 Å².